The van der Waals surface area contributed by atoms with Crippen LogP contribution in [0.4, 0.5) is 0 Å². The number of esters is 1. The van der Waals surface area contributed by atoms with Crippen LogP contribution in [-0.2, 0) is 14.1 Å². The fourth-order valence-corrected chi connectivity index (χ4v) is 2.83. The molecule has 0 aliphatic rings. The molecule has 0 saturated carbocycles. The standard InChI is InChI=1S/C15H21O3P/c1-15(2,3)18-14(16)11-10-12-8-6-7-9-13(12)19(4,5)17/h6-11H,1-5H3/b11-10+. The Kier molecular flexibility index (Phi) is 4.75. The summed E-state index contributed by atoms with van der Waals surface area (Å²) >= 11 is 0. The van der Waals surface area contributed by atoms with Gasteiger partial charge in [-0.15, -0.1) is 0 Å². The first-order chi connectivity index (χ1) is 8.59. The van der Waals surface area contributed by atoms with Gasteiger partial charge in [-0.05, 0) is 45.7 Å². The Morgan fingerprint density at radius 2 is 1.79 bits per heavy atom. The molecule has 0 unspecified atom stereocenters. The molecule has 0 amide bonds. The highest BCUT2D eigenvalue weighted by Crippen LogP contribution is 2.36. The van der Waals surface area contributed by atoms with E-state index in [1.54, 1.807) is 19.4 Å². The summed E-state index contributed by atoms with van der Waals surface area (Å²) in [6, 6.07) is 7.37. The lowest BCUT2D eigenvalue weighted by molar-refractivity contribution is -0.148. The SMILES string of the molecule is CC(C)(C)OC(=O)/C=C/c1ccccc1P(C)(C)=O. The van der Waals surface area contributed by atoms with Gasteiger partial charge in [0.2, 0.25) is 0 Å². The largest absolute Gasteiger partial charge is 0.457 e. The Bertz CT molecular complexity index is 533. The molecule has 0 bridgehead atoms. The summed E-state index contributed by atoms with van der Waals surface area (Å²) in [5.74, 6) is -0.399. The van der Waals surface area contributed by atoms with Gasteiger partial charge in [-0.3, -0.25) is 0 Å². The van der Waals surface area contributed by atoms with Crippen molar-refractivity contribution >= 4 is 24.5 Å². The van der Waals surface area contributed by atoms with Gasteiger partial charge in [0, 0.05) is 11.4 Å². The van der Waals surface area contributed by atoms with Crippen LogP contribution >= 0.6 is 7.14 Å². The highest BCUT2D eigenvalue weighted by molar-refractivity contribution is 7.70. The van der Waals surface area contributed by atoms with E-state index in [-0.39, 0.29) is 0 Å². The quantitative estimate of drug-likeness (QED) is 0.485. The number of carbonyl (C=O) groups is 1. The average molecular weight is 280 g/mol. The van der Waals surface area contributed by atoms with E-state index in [4.69, 9.17) is 4.74 Å². The Labute approximate surface area is 115 Å². The lowest BCUT2D eigenvalue weighted by Crippen LogP contribution is -2.22. The van der Waals surface area contributed by atoms with Gasteiger partial charge in [0.25, 0.3) is 0 Å². The van der Waals surface area contributed by atoms with Crippen LogP contribution in [0.1, 0.15) is 26.3 Å². The first kappa shape index (κ1) is 15.7. The van der Waals surface area contributed by atoms with Crippen LogP contribution in [0.15, 0.2) is 30.3 Å². The van der Waals surface area contributed by atoms with Crippen molar-refractivity contribution in [2.24, 2.45) is 0 Å². The third-order valence-corrected chi connectivity index (χ3v) is 3.89. The zero-order valence-corrected chi connectivity index (χ0v) is 13.0. The summed E-state index contributed by atoms with van der Waals surface area (Å²) in [7, 11) is -2.36. The van der Waals surface area contributed by atoms with Crippen LogP contribution in [0.3, 0.4) is 0 Å². The second-order valence-electron chi connectivity index (χ2n) is 5.78. The Hall–Kier alpha value is -1.34. The van der Waals surface area contributed by atoms with Crippen LogP contribution in [0.2, 0.25) is 0 Å². The lowest BCUT2D eigenvalue weighted by atomic mass is 10.2. The van der Waals surface area contributed by atoms with Gasteiger partial charge in [0.15, 0.2) is 0 Å². The summed E-state index contributed by atoms with van der Waals surface area (Å²) < 4.78 is 17.4. The fraction of sp³-hybridized carbons (Fsp3) is 0.400. The molecule has 0 radical (unpaired) electrons. The van der Waals surface area contributed by atoms with Crippen LogP contribution in [-0.4, -0.2) is 24.9 Å². The molecule has 0 heterocycles. The van der Waals surface area contributed by atoms with Crippen molar-refractivity contribution in [2.45, 2.75) is 26.4 Å². The molecule has 0 atom stereocenters. The minimum atomic E-state index is -2.36. The average Bonchev–Trinajstić information content (AvgIpc) is 2.23. The van der Waals surface area contributed by atoms with Crippen molar-refractivity contribution in [1.29, 1.82) is 0 Å². The van der Waals surface area contributed by atoms with Gasteiger partial charge >= 0.3 is 5.97 Å². The number of hydrogen-bond donors (Lipinski definition) is 0. The van der Waals surface area contributed by atoms with Crippen LogP contribution in [0.5, 0.6) is 0 Å². The summed E-state index contributed by atoms with van der Waals surface area (Å²) in [5, 5.41) is 0.773. The maximum atomic E-state index is 12.2. The van der Waals surface area contributed by atoms with Crippen LogP contribution < -0.4 is 5.30 Å². The second-order valence-corrected chi connectivity index (χ2v) is 8.96. The van der Waals surface area contributed by atoms with Gasteiger partial charge in [-0.2, -0.15) is 0 Å². The van der Waals surface area contributed by atoms with Crippen molar-refractivity contribution < 1.29 is 14.1 Å². The number of rotatable bonds is 3. The normalized spacial score (nSPS) is 12.7. The number of ether oxygens (including phenoxy) is 1. The van der Waals surface area contributed by atoms with Crippen molar-refractivity contribution in [3.63, 3.8) is 0 Å². The number of carbonyl (C=O) groups excluding carboxylic acids is 1. The molecule has 19 heavy (non-hydrogen) atoms. The van der Waals surface area contributed by atoms with E-state index in [1.165, 1.54) is 6.08 Å². The molecular weight excluding hydrogens is 259 g/mol. The lowest BCUT2D eigenvalue weighted by Gasteiger charge is -2.18. The molecule has 1 rings (SSSR count). The van der Waals surface area contributed by atoms with E-state index in [0.717, 1.165) is 10.9 Å². The molecule has 1 aromatic carbocycles. The number of benzene rings is 1. The van der Waals surface area contributed by atoms with Gasteiger partial charge in [0.05, 0.1) is 0 Å². The smallest absolute Gasteiger partial charge is 0.331 e. The predicted molar refractivity (Wildman–Crippen MR) is 80.4 cm³/mol. The summed E-state index contributed by atoms with van der Waals surface area (Å²) in [5.41, 5.74) is 0.285. The molecule has 104 valence electrons. The molecule has 0 fully saturated rings. The Morgan fingerprint density at radius 3 is 2.32 bits per heavy atom. The maximum absolute atomic E-state index is 12.2. The molecule has 4 heteroatoms. The van der Waals surface area contributed by atoms with Crippen LogP contribution in [0, 0.1) is 0 Å². The van der Waals surface area contributed by atoms with E-state index in [2.05, 4.69) is 0 Å². The van der Waals surface area contributed by atoms with E-state index < -0.39 is 18.7 Å². The molecule has 0 aliphatic heterocycles. The van der Waals surface area contributed by atoms with Gasteiger partial charge in [-0.1, -0.05) is 24.3 Å². The third-order valence-electron chi connectivity index (χ3n) is 2.32. The molecule has 1 aromatic rings. The molecule has 0 N–H and O–H groups in total. The zero-order chi connectivity index (χ0) is 14.7. The number of hydrogen-bond acceptors (Lipinski definition) is 3. The third kappa shape index (κ3) is 5.44. The van der Waals surface area contributed by atoms with Gasteiger partial charge in [-0.25, -0.2) is 4.79 Å². The first-order valence-corrected chi connectivity index (χ1v) is 8.75. The summed E-state index contributed by atoms with van der Waals surface area (Å²) in [6.07, 6.45) is 3.03. The van der Waals surface area contributed by atoms with Crippen molar-refractivity contribution in [1.82, 2.24) is 0 Å². The molecular formula is C15H21O3P. The fourth-order valence-electron chi connectivity index (χ4n) is 1.61. The van der Waals surface area contributed by atoms with E-state index in [9.17, 15) is 9.36 Å². The Morgan fingerprint density at radius 1 is 1.21 bits per heavy atom. The van der Waals surface area contributed by atoms with Crippen molar-refractivity contribution in [3.05, 3.63) is 35.9 Å². The van der Waals surface area contributed by atoms with Crippen LogP contribution in [0.25, 0.3) is 6.08 Å². The monoisotopic (exact) mass is 280 g/mol. The predicted octanol–water partition coefficient (Wildman–Crippen LogP) is 3.29. The highest BCUT2D eigenvalue weighted by atomic mass is 31.2. The molecule has 0 aromatic heterocycles. The van der Waals surface area contributed by atoms with Crippen molar-refractivity contribution in [3.8, 4) is 0 Å². The maximum Gasteiger partial charge on any atom is 0.331 e. The first-order valence-electron chi connectivity index (χ1n) is 6.15. The van der Waals surface area contributed by atoms with E-state index in [0.29, 0.717) is 0 Å². The molecule has 0 aliphatic carbocycles. The van der Waals surface area contributed by atoms with E-state index >= 15 is 0 Å². The zero-order valence-electron chi connectivity index (χ0n) is 12.1. The highest BCUT2D eigenvalue weighted by Gasteiger charge is 2.16. The van der Waals surface area contributed by atoms with Gasteiger partial charge in [0.1, 0.15) is 12.7 Å². The molecule has 3 nitrogen and oxygen atoms in total. The summed E-state index contributed by atoms with van der Waals surface area (Å²) in [6.45, 7) is 8.89. The van der Waals surface area contributed by atoms with Crippen molar-refractivity contribution in [2.75, 3.05) is 13.3 Å². The Balaban J connectivity index is 2.95. The second kappa shape index (κ2) is 5.75. The topological polar surface area (TPSA) is 43.4 Å². The minimum Gasteiger partial charge on any atom is -0.457 e. The summed E-state index contributed by atoms with van der Waals surface area (Å²) in [4.78, 5) is 11.6. The van der Waals surface area contributed by atoms with E-state index in [1.807, 2.05) is 45.0 Å². The minimum absolute atomic E-state index is 0.399. The molecule has 0 saturated heterocycles. The molecule has 0 spiro atoms. The van der Waals surface area contributed by atoms with Gasteiger partial charge < -0.3 is 9.30 Å².